The molecule has 8 nitrogen and oxygen atoms in total. The van der Waals surface area contributed by atoms with Crippen molar-refractivity contribution in [3.05, 3.63) is 50.6 Å². The Morgan fingerprint density at radius 2 is 2.09 bits per heavy atom. The molecule has 1 aliphatic carbocycles. The molecule has 9 heteroatoms. The molecule has 3 aromatic rings. The fraction of sp³-hybridized carbons (Fsp3) is 0.480. The molecule has 0 aliphatic heterocycles. The molecule has 1 amide bonds. The van der Waals surface area contributed by atoms with Gasteiger partial charge in [-0.05, 0) is 60.8 Å². The lowest BCUT2D eigenvalue weighted by molar-refractivity contribution is -0.117. The summed E-state index contributed by atoms with van der Waals surface area (Å²) in [6.07, 6.45) is 3.54. The number of aromatic nitrogens is 3. The van der Waals surface area contributed by atoms with Crippen LogP contribution >= 0.6 is 11.3 Å². The zero-order chi connectivity index (χ0) is 24.5. The average Bonchev–Trinajstić information content (AvgIpc) is 3.17. The molecule has 1 aromatic carbocycles. The number of anilines is 1. The molecule has 1 atom stereocenters. The van der Waals surface area contributed by atoms with Gasteiger partial charge >= 0.3 is 5.97 Å². The summed E-state index contributed by atoms with van der Waals surface area (Å²) in [4.78, 5) is 39.8. The third-order valence-corrected chi connectivity index (χ3v) is 7.41. The van der Waals surface area contributed by atoms with Gasteiger partial charge in [-0.3, -0.25) is 9.59 Å². The number of hydrogen-bond acceptors (Lipinski definition) is 7. The summed E-state index contributed by atoms with van der Waals surface area (Å²) < 4.78 is 6.25. The minimum atomic E-state index is -0.443. The number of aryl methyl sites for hydroxylation is 1. The predicted molar refractivity (Wildman–Crippen MR) is 132 cm³/mol. The van der Waals surface area contributed by atoms with Crippen molar-refractivity contribution in [1.82, 2.24) is 15.0 Å². The first-order chi connectivity index (χ1) is 16.2. The van der Waals surface area contributed by atoms with Crippen LogP contribution in [0.4, 0.5) is 5.69 Å². The molecule has 1 aliphatic rings. The Morgan fingerprint density at radius 3 is 2.82 bits per heavy atom. The highest BCUT2D eigenvalue weighted by atomic mass is 32.1. The van der Waals surface area contributed by atoms with Crippen molar-refractivity contribution >= 4 is 39.1 Å². The minimum Gasteiger partial charge on any atom is -0.462 e. The topological polar surface area (TPSA) is 103 Å². The predicted octanol–water partition coefficient (Wildman–Crippen LogP) is 4.21. The number of nitrogens with zero attached hydrogens (tertiary/aromatic N) is 3. The van der Waals surface area contributed by atoms with Crippen LogP contribution in [-0.2, 0) is 28.9 Å². The Hall–Kier alpha value is -3.07. The van der Waals surface area contributed by atoms with Crippen LogP contribution in [0.2, 0.25) is 0 Å². The summed E-state index contributed by atoms with van der Waals surface area (Å²) >= 11 is 1.54. The van der Waals surface area contributed by atoms with E-state index in [4.69, 9.17) is 4.74 Å². The van der Waals surface area contributed by atoms with E-state index in [2.05, 4.69) is 36.4 Å². The van der Waals surface area contributed by atoms with Crippen molar-refractivity contribution < 1.29 is 14.3 Å². The summed E-state index contributed by atoms with van der Waals surface area (Å²) in [6.45, 7) is 8.76. The molecule has 0 bridgehead atoms. The summed E-state index contributed by atoms with van der Waals surface area (Å²) in [6, 6.07) is 6.52. The summed E-state index contributed by atoms with van der Waals surface area (Å²) in [5.74, 6) is -0.308. The molecule has 180 valence electrons. The highest BCUT2D eigenvalue weighted by molar-refractivity contribution is 7.18. The van der Waals surface area contributed by atoms with Gasteiger partial charge in [0.1, 0.15) is 6.54 Å². The van der Waals surface area contributed by atoms with Crippen LogP contribution < -0.4 is 10.9 Å². The van der Waals surface area contributed by atoms with Gasteiger partial charge in [0, 0.05) is 10.6 Å². The van der Waals surface area contributed by atoms with Crippen LogP contribution in [0.5, 0.6) is 0 Å². The number of ether oxygens (including phenoxy) is 1. The number of carbonyl (C=O) groups excluding carboxylic acids is 2. The quantitative estimate of drug-likeness (QED) is 0.528. The smallest absolute Gasteiger partial charge is 0.338 e. The number of rotatable bonds is 6. The maximum Gasteiger partial charge on any atom is 0.338 e. The second-order valence-electron chi connectivity index (χ2n) is 9.81. The molecule has 2 heterocycles. The van der Waals surface area contributed by atoms with E-state index < -0.39 is 11.9 Å². The van der Waals surface area contributed by atoms with Gasteiger partial charge in [-0.25, -0.2) is 9.48 Å². The van der Waals surface area contributed by atoms with Crippen LogP contribution in [0.1, 0.15) is 61.3 Å². The highest BCUT2D eigenvalue weighted by Gasteiger charge is 2.32. The normalized spacial score (nSPS) is 15.7. The lowest BCUT2D eigenvalue weighted by Crippen LogP contribution is -2.31. The van der Waals surface area contributed by atoms with Gasteiger partial charge in [0.15, 0.2) is 4.83 Å². The fourth-order valence-electron chi connectivity index (χ4n) is 4.31. The van der Waals surface area contributed by atoms with Crippen molar-refractivity contribution in [3.63, 3.8) is 0 Å². The average molecular weight is 483 g/mol. The summed E-state index contributed by atoms with van der Waals surface area (Å²) in [5, 5.41) is 11.6. The second kappa shape index (κ2) is 9.66. The SMILES string of the molecule is CCCOC(=O)c1cccc(NC(=O)Cn2nnc3sc4c(c3c2=O)CC[C@@H](C(C)(C)C)C4)c1. The first-order valence-corrected chi connectivity index (χ1v) is 12.4. The molecular weight excluding hydrogens is 452 g/mol. The summed E-state index contributed by atoms with van der Waals surface area (Å²) in [7, 11) is 0. The fourth-order valence-corrected chi connectivity index (χ4v) is 5.54. The Kier molecular flexibility index (Phi) is 6.84. The zero-order valence-electron chi connectivity index (χ0n) is 20.0. The van der Waals surface area contributed by atoms with Gasteiger partial charge in [0.25, 0.3) is 5.56 Å². The maximum absolute atomic E-state index is 13.2. The lowest BCUT2D eigenvalue weighted by Gasteiger charge is -2.33. The van der Waals surface area contributed by atoms with Crippen molar-refractivity contribution in [2.45, 2.75) is 59.9 Å². The van der Waals surface area contributed by atoms with Crippen molar-refractivity contribution in [2.75, 3.05) is 11.9 Å². The van der Waals surface area contributed by atoms with E-state index in [0.29, 0.717) is 34.0 Å². The largest absolute Gasteiger partial charge is 0.462 e. The Balaban J connectivity index is 1.51. The van der Waals surface area contributed by atoms with Crippen molar-refractivity contribution in [1.29, 1.82) is 0 Å². The third-order valence-electron chi connectivity index (χ3n) is 6.28. The number of esters is 1. The maximum atomic E-state index is 13.2. The molecule has 1 N–H and O–H groups in total. The molecule has 0 spiro atoms. The van der Waals surface area contributed by atoms with E-state index in [9.17, 15) is 14.4 Å². The molecular formula is C25H30N4O4S. The molecule has 34 heavy (non-hydrogen) atoms. The van der Waals surface area contributed by atoms with E-state index in [1.165, 1.54) is 4.88 Å². The first-order valence-electron chi connectivity index (χ1n) is 11.6. The number of nitrogens with one attached hydrogen (secondary N) is 1. The number of fused-ring (bicyclic) bond motifs is 3. The van der Waals surface area contributed by atoms with Crippen LogP contribution in [0, 0.1) is 11.3 Å². The Labute approximate surface area is 202 Å². The molecule has 0 fully saturated rings. The first kappa shape index (κ1) is 24.1. The van der Waals surface area contributed by atoms with Crippen LogP contribution in [-0.4, -0.2) is 33.5 Å². The Morgan fingerprint density at radius 1 is 1.29 bits per heavy atom. The molecule has 0 radical (unpaired) electrons. The second-order valence-corrected chi connectivity index (χ2v) is 10.9. The van der Waals surface area contributed by atoms with Gasteiger partial charge in [-0.15, -0.1) is 16.4 Å². The number of carbonyl (C=O) groups is 2. The molecule has 4 rings (SSSR count). The highest BCUT2D eigenvalue weighted by Crippen LogP contribution is 2.41. The van der Waals surface area contributed by atoms with Gasteiger partial charge in [0.05, 0.1) is 17.6 Å². The van der Waals surface area contributed by atoms with Gasteiger partial charge in [0.2, 0.25) is 5.91 Å². The molecule has 2 aromatic heterocycles. The number of thiophene rings is 1. The van der Waals surface area contributed by atoms with Crippen LogP contribution in [0.15, 0.2) is 29.1 Å². The number of amides is 1. The number of hydrogen-bond donors (Lipinski definition) is 1. The van der Waals surface area contributed by atoms with E-state index in [1.807, 2.05) is 6.92 Å². The van der Waals surface area contributed by atoms with E-state index in [-0.39, 0.29) is 17.5 Å². The summed E-state index contributed by atoms with van der Waals surface area (Å²) in [5.41, 5.74) is 1.78. The van der Waals surface area contributed by atoms with E-state index in [1.54, 1.807) is 35.6 Å². The molecule has 0 saturated carbocycles. The zero-order valence-corrected chi connectivity index (χ0v) is 20.8. The lowest BCUT2D eigenvalue weighted by atomic mass is 9.72. The van der Waals surface area contributed by atoms with Gasteiger partial charge in [-0.1, -0.05) is 39.0 Å². The van der Waals surface area contributed by atoms with Crippen LogP contribution in [0.3, 0.4) is 0 Å². The van der Waals surface area contributed by atoms with E-state index in [0.717, 1.165) is 35.9 Å². The Bertz CT molecular complexity index is 1290. The molecule has 0 unspecified atom stereocenters. The van der Waals surface area contributed by atoms with Crippen molar-refractivity contribution in [3.8, 4) is 0 Å². The third kappa shape index (κ3) is 5.04. The molecule has 0 saturated heterocycles. The van der Waals surface area contributed by atoms with Crippen LogP contribution in [0.25, 0.3) is 10.2 Å². The minimum absolute atomic E-state index is 0.210. The van der Waals surface area contributed by atoms with E-state index >= 15 is 0 Å². The van der Waals surface area contributed by atoms with Gasteiger partial charge in [-0.2, -0.15) is 0 Å². The monoisotopic (exact) mass is 482 g/mol. The van der Waals surface area contributed by atoms with Gasteiger partial charge < -0.3 is 10.1 Å². The number of benzene rings is 1. The standard InChI is InChI=1S/C25H30N4O4S/c1-5-11-33-24(32)15-7-6-8-17(12-15)26-20(30)14-29-23(31)21-18-10-9-16(25(2,3)4)13-19(18)34-22(21)27-28-29/h6-8,12,16H,5,9-11,13-14H2,1-4H3,(H,26,30)/t16-/m1/s1. The van der Waals surface area contributed by atoms with Crippen molar-refractivity contribution in [2.24, 2.45) is 11.3 Å².